The lowest BCUT2D eigenvalue weighted by atomic mass is 9.92. The van der Waals surface area contributed by atoms with Crippen LogP contribution in [0, 0.1) is 0 Å². The molecule has 48 heavy (non-hydrogen) atoms. The molecule has 0 radical (unpaired) electrons. The smallest absolute Gasteiger partial charge is 0.342 e. The molecule has 0 bridgehead atoms. The fourth-order valence-corrected chi connectivity index (χ4v) is 10.3. The molecule has 1 rings (SSSR count). The van der Waals surface area contributed by atoms with Crippen LogP contribution < -0.4 is 0 Å². The van der Waals surface area contributed by atoms with Crippen LogP contribution >= 0.6 is 22.8 Å². The van der Waals surface area contributed by atoms with Gasteiger partial charge in [0.2, 0.25) is 0 Å². The lowest BCUT2D eigenvalue weighted by Gasteiger charge is -2.30. The number of hydrogen-bond acceptors (Lipinski definition) is 6. The summed E-state index contributed by atoms with van der Waals surface area (Å²) in [6.07, 6.45) is 6.07. The molecule has 1 aliphatic carbocycles. The summed E-state index contributed by atoms with van der Waals surface area (Å²) in [4.78, 5) is 96.8. The Bertz CT molecular complexity index is 999. The van der Waals surface area contributed by atoms with Crippen molar-refractivity contribution in [3.05, 3.63) is 0 Å². The zero-order valence-electron chi connectivity index (χ0n) is 27.8. The molecule has 0 aliphatic heterocycles. The molecular weight excluding hydrogens is 693 g/mol. The highest BCUT2D eigenvalue weighted by molar-refractivity contribution is 7.55. The summed E-state index contributed by atoms with van der Waals surface area (Å²) in [7, 11) is -15.2. The number of carboxylic acid groups (broad SMARTS) is 3. The lowest BCUT2D eigenvalue weighted by Crippen LogP contribution is -2.38. The van der Waals surface area contributed by atoms with Gasteiger partial charge in [-0.2, -0.15) is 0 Å². The van der Waals surface area contributed by atoms with E-state index in [2.05, 4.69) is 0 Å². The van der Waals surface area contributed by atoms with Crippen molar-refractivity contribution in [1.29, 1.82) is 0 Å². The van der Waals surface area contributed by atoms with Crippen molar-refractivity contribution in [2.45, 2.75) is 170 Å². The zero-order chi connectivity index (χ0) is 36.7. The Morgan fingerprint density at radius 3 is 0.542 bits per heavy atom. The summed E-state index contributed by atoms with van der Waals surface area (Å²) in [6.45, 7) is 0. The molecule has 0 unspecified atom stereocenters. The van der Waals surface area contributed by atoms with Gasteiger partial charge in [0.05, 0.1) is 0 Å². The zero-order valence-corrected chi connectivity index (χ0v) is 30.5. The van der Waals surface area contributed by atoms with Gasteiger partial charge in [0.25, 0.3) is 0 Å². The lowest BCUT2D eigenvalue weighted by molar-refractivity contribution is -0.142. The predicted octanol–water partition coefficient (Wildman–Crippen LogP) is 6.37. The first kappa shape index (κ1) is 44.9. The van der Waals surface area contributed by atoms with E-state index in [1.165, 1.54) is 0 Å². The summed E-state index contributed by atoms with van der Waals surface area (Å²) in [6, 6.07) is 0. The maximum absolute atomic E-state index is 12.4. The highest BCUT2D eigenvalue weighted by Gasteiger charge is 2.54. The molecule has 0 spiro atoms. The van der Waals surface area contributed by atoms with E-state index in [1.807, 2.05) is 0 Å². The number of aliphatic carboxylic acids is 3. The fraction of sp³-hybridized carbons (Fsp3) is 0.900. The van der Waals surface area contributed by atoms with E-state index < -0.39 is 56.2 Å². The Kier molecular flexibility index (Phi) is 18.7. The monoisotopic (exact) mass is 750 g/mol. The summed E-state index contributed by atoms with van der Waals surface area (Å²) in [5.74, 6) is -4.74. The molecule has 0 aromatic rings. The molecule has 9 N–H and O–H groups in total. The molecule has 18 heteroatoms. The Labute approximate surface area is 282 Å². The van der Waals surface area contributed by atoms with Crippen LogP contribution in [-0.4, -0.2) is 78.1 Å². The van der Waals surface area contributed by atoms with E-state index in [9.17, 15) is 72.8 Å². The number of hydrogen-bond donors (Lipinski definition) is 9. The minimum absolute atomic E-state index is 0.226. The van der Waals surface area contributed by atoms with E-state index in [-0.39, 0.29) is 77.0 Å². The third-order valence-electron chi connectivity index (χ3n) is 10.2. The summed E-state index contributed by atoms with van der Waals surface area (Å²) in [5.41, 5.74) is 0. The second-order valence-electron chi connectivity index (χ2n) is 13.5. The second kappa shape index (κ2) is 20.0. The molecule has 0 heterocycles. The van der Waals surface area contributed by atoms with Gasteiger partial charge in [-0.25, -0.2) is 0 Å². The largest absolute Gasteiger partial charge is 0.480 e. The van der Waals surface area contributed by atoms with Gasteiger partial charge in [-0.1, -0.05) is 116 Å². The molecule has 15 nitrogen and oxygen atoms in total. The third kappa shape index (κ3) is 12.6. The summed E-state index contributed by atoms with van der Waals surface area (Å²) in [5, 5.41) is 22.9. The minimum Gasteiger partial charge on any atom is -0.480 e. The van der Waals surface area contributed by atoms with Gasteiger partial charge < -0.3 is 44.7 Å². The first-order chi connectivity index (χ1) is 22.2. The highest BCUT2D eigenvalue weighted by Crippen LogP contribution is 2.58. The van der Waals surface area contributed by atoms with Crippen molar-refractivity contribution in [2.75, 3.05) is 0 Å². The molecule has 0 aromatic heterocycles. The van der Waals surface area contributed by atoms with Crippen LogP contribution in [0.3, 0.4) is 0 Å². The molecule has 282 valence electrons. The van der Waals surface area contributed by atoms with E-state index in [1.54, 1.807) is 0 Å². The number of carbonyl (C=O) groups is 3. The maximum atomic E-state index is 12.4. The molecule has 1 saturated carbocycles. The molecule has 1 aliphatic rings. The van der Waals surface area contributed by atoms with Gasteiger partial charge in [0.1, 0.15) is 0 Å². The Morgan fingerprint density at radius 1 is 0.312 bits per heavy atom. The molecule has 0 aromatic carbocycles. The highest BCUT2D eigenvalue weighted by atomic mass is 31.2. The van der Waals surface area contributed by atoms with Crippen molar-refractivity contribution in [2.24, 2.45) is 0 Å². The molecular formula is C30H57O15P3. The first-order valence-corrected chi connectivity index (χ1v) is 21.9. The SMILES string of the molecule is O=C(O)C1(P(=O)(O)O)CCCCCCCCC(C(=O)O)(P(=O)(O)O)CCCCCCCCC(C(=O)O)(P(=O)(O)O)CCCCCCCC1. The van der Waals surface area contributed by atoms with Crippen molar-refractivity contribution in [3.8, 4) is 0 Å². The van der Waals surface area contributed by atoms with E-state index in [4.69, 9.17) is 0 Å². The predicted molar refractivity (Wildman–Crippen MR) is 178 cm³/mol. The van der Waals surface area contributed by atoms with Crippen LogP contribution in [0.1, 0.15) is 154 Å². The molecule has 0 atom stereocenters. The van der Waals surface area contributed by atoms with Gasteiger partial charge in [-0.3, -0.25) is 28.1 Å². The van der Waals surface area contributed by atoms with Gasteiger partial charge in [-0.05, 0) is 38.5 Å². The molecule has 0 saturated heterocycles. The van der Waals surface area contributed by atoms with E-state index in [0.717, 1.165) is 0 Å². The van der Waals surface area contributed by atoms with E-state index >= 15 is 0 Å². The minimum atomic E-state index is -5.06. The van der Waals surface area contributed by atoms with Crippen molar-refractivity contribution in [1.82, 2.24) is 0 Å². The van der Waals surface area contributed by atoms with Crippen LogP contribution in [0.15, 0.2) is 0 Å². The molecule has 1 fully saturated rings. The van der Waals surface area contributed by atoms with Crippen LogP contribution in [-0.2, 0) is 28.1 Å². The molecule has 0 amide bonds. The summed E-state index contributed by atoms with van der Waals surface area (Å²) >= 11 is 0. The van der Waals surface area contributed by atoms with E-state index in [0.29, 0.717) is 77.0 Å². The normalized spacial score (nSPS) is 28.9. The van der Waals surface area contributed by atoms with Crippen molar-refractivity contribution < 1.29 is 72.8 Å². The topological polar surface area (TPSA) is 284 Å². The van der Waals surface area contributed by atoms with Crippen LogP contribution in [0.5, 0.6) is 0 Å². The Hall–Kier alpha value is -1.14. The van der Waals surface area contributed by atoms with Gasteiger partial charge >= 0.3 is 40.7 Å². The van der Waals surface area contributed by atoms with Crippen LogP contribution in [0.4, 0.5) is 0 Å². The van der Waals surface area contributed by atoms with Crippen LogP contribution in [0.2, 0.25) is 0 Å². The summed E-state index contributed by atoms with van der Waals surface area (Å²) < 4.78 is 37.2. The Morgan fingerprint density at radius 2 is 0.438 bits per heavy atom. The second-order valence-corrected chi connectivity index (χ2v) is 19.3. The van der Waals surface area contributed by atoms with Gasteiger partial charge in [0, 0.05) is 0 Å². The maximum Gasteiger partial charge on any atom is 0.342 e. The van der Waals surface area contributed by atoms with Crippen molar-refractivity contribution in [3.63, 3.8) is 0 Å². The van der Waals surface area contributed by atoms with Crippen LogP contribution in [0.25, 0.3) is 0 Å². The first-order valence-electron chi connectivity index (χ1n) is 17.1. The number of carboxylic acids is 3. The van der Waals surface area contributed by atoms with Crippen molar-refractivity contribution >= 4 is 40.7 Å². The Balaban J connectivity index is 3.12. The standard InChI is InChI=1S/C30H57O15P3/c31-25(32)28(46(37,38)39)19-13-7-1-2-8-14-20-29(26(33)34,47(40,41)42)22-16-10-5-6-12-18-24-30(27(35)36,48(43,44)45)23-17-11-4-3-9-15-21-28/h1-24H2,(H,31,32)(H,33,34)(H,35,36)(H2,37,38,39)(H2,40,41,42)(H2,43,44,45). The third-order valence-corrected chi connectivity index (χ3v) is 15.4. The van der Waals surface area contributed by atoms with Gasteiger partial charge in [0.15, 0.2) is 15.5 Å². The fourth-order valence-electron chi connectivity index (χ4n) is 6.89. The van der Waals surface area contributed by atoms with Gasteiger partial charge in [-0.15, -0.1) is 0 Å². The quantitative estimate of drug-likeness (QED) is 0.133. The average Bonchev–Trinajstić information content (AvgIpc) is 2.94. The number of rotatable bonds is 6. The average molecular weight is 751 g/mol.